The van der Waals surface area contributed by atoms with Crippen molar-refractivity contribution in [3.63, 3.8) is 0 Å². The van der Waals surface area contributed by atoms with Crippen molar-refractivity contribution in [1.29, 1.82) is 0 Å². The van der Waals surface area contributed by atoms with Crippen LogP contribution in [0.25, 0.3) is 0 Å². The molecule has 102 valence electrons. The highest BCUT2D eigenvalue weighted by atomic mass is 79.9. The largest absolute Gasteiger partial charge is 0.399 e. The Morgan fingerprint density at radius 3 is 2.68 bits per heavy atom. The van der Waals surface area contributed by atoms with Gasteiger partial charge < -0.3 is 5.73 Å². The molecule has 2 rings (SSSR count). The molecule has 0 radical (unpaired) electrons. The molecule has 0 amide bonds. The third-order valence-electron chi connectivity index (χ3n) is 2.36. The van der Waals surface area contributed by atoms with Gasteiger partial charge in [-0.2, -0.15) is 0 Å². The molecular formula is C11H10BrClN2O2S2. The Balaban J connectivity index is 2.21. The quantitative estimate of drug-likeness (QED) is 0.799. The molecule has 0 saturated carbocycles. The lowest BCUT2D eigenvalue weighted by Crippen LogP contribution is -2.23. The standard InChI is InChI=1S/C11H10BrClN2O2S2/c12-8-3-4-18-10(8)6-15-19(16,17)11-2-1-7(14)5-9(11)13/h1-5,15H,6,14H2. The Morgan fingerprint density at radius 1 is 1.37 bits per heavy atom. The minimum absolute atomic E-state index is 0.0241. The van der Waals surface area contributed by atoms with Crippen LogP contribution in [0.4, 0.5) is 5.69 Å². The number of rotatable bonds is 4. The molecule has 8 heteroatoms. The molecule has 0 saturated heterocycles. The Hall–Kier alpha value is -0.600. The Kier molecular flexibility index (Phi) is 4.52. The van der Waals surface area contributed by atoms with Gasteiger partial charge in [0.15, 0.2) is 0 Å². The predicted molar refractivity (Wildman–Crippen MR) is 81.9 cm³/mol. The molecule has 0 fully saturated rings. The fourth-order valence-electron chi connectivity index (χ4n) is 1.42. The number of anilines is 1. The Morgan fingerprint density at radius 2 is 2.11 bits per heavy atom. The van der Waals surface area contributed by atoms with E-state index in [0.717, 1.165) is 9.35 Å². The van der Waals surface area contributed by atoms with Crippen molar-refractivity contribution in [3.05, 3.63) is 44.0 Å². The minimum atomic E-state index is -3.65. The van der Waals surface area contributed by atoms with Gasteiger partial charge in [0.2, 0.25) is 10.0 Å². The highest BCUT2D eigenvalue weighted by Crippen LogP contribution is 2.25. The average molecular weight is 382 g/mol. The molecule has 1 aromatic heterocycles. The van der Waals surface area contributed by atoms with Crippen LogP contribution in [-0.4, -0.2) is 8.42 Å². The van der Waals surface area contributed by atoms with Crippen LogP contribution in [0.15, 0.2) is 39.0 Å². The summed E-state index contributed by atoms with van der Waals surface area (Å²) >= 11 is 10.7. The van der Waals surface area contributed by atoms with Crippen molar-refractivity contribution in [3.8, 4) is 0 Å². The molecule has 0 spiro atoms. The van der Waals surface area contributed by atoms with Gasteiger partial charge in [-0.05, 0) is 45.6 Å². The van der Waals surface area contributed by atoms with E-state index >= 15 is 0 Å². The van der Waals surface area contributed by atoms with Crippen LogP contribution >= 0.6 is 38.9 Å². The lowest BCUT2D eigenvalue weighted by Gasteiger charge is -2.08. The summed E-state index contributed by atoms with van der Waals surface area (Å²) in [5.74, 6) is 0. The second-order valence-corrected chi connectivity index (χ2v) is 7.70. The summed E-state index contributed by atoms with van der Waals surface area (Å²) in [4.78, 5) is 0.922. The van der Waals surface area contributed by atoms with Crippen LogP contribution in [0, 0.1) is 0 Å². The number of hydrogen-bond acceptors (Lipinski definition) is 4. The maximum atomic E-state index is 12.1. The van der Waals surface area contributed by atoms with Gasteiger partial charge in [-0.15, -0.1) is 11.3 Å². The van der Waals surface area contributed by atoms with Gasteiger partial charge in [0.25, 0.3) is 0 Å². The van der Waals surface area contributed by atoms with E-state index in [1.54, 1.807) is 0 Å². The monoisotopic (exact) mass is 380 g/mol. The molecule has 0 aliphatic heterocycles. The zero-order valence-electron chi connectivity index (χ0n) is 9.56. The molecule has 0 aliphatic rings. The number of thiophene rings is 1. The fraction of sp³-hybridized carbons (Fsp3) is 0.0909. The summed E-state index contributed by atoms with van der Waals surface area (Å²) in [5.41, 5.74) is 5.96. The zero-order chi connectivity index (χ0) is 14.0. The zero-order valence-corrected chi connectivity index (χ0v) is 13.5. The number of nitrogens with one attached hydrogen (secondary N) is 1. The maximum Gasteiger partial charge on any atom is 0.242 e. The van der Waals surface area contributed by atoms with E-state index in [1.807, 2.05) is 11.4 Å². The van der Waals surface area contributed by atoms with Crippen LogP contribution in [0.5, 0.6) is 0 Å². The van der Waals surface area contributed by atoms with Gasteiger partial charge in [-0.25, -0.2) is 13.1 Å². The van der Waals surface area contributed by atoms with E-state index in [0.29, 0.717) is 5.69 Å². The number of halogens is 2. The average Bonchev–Trinajstić information content (AvgIpc) is 2.72. The van der Waals surface area contributed by atoms with Gasteiger partial charge >= 0.3 is 0 Å². The summed E-state index contributed by atoms with van der Waals surface area (Å²) in [6.45, 7) is 0.210. The third-order valence-corrected chi connectivity index (χ3v) is 6.17. The lowest BCUT2D eigenvalue weighted by molar-refractivity contribution is 0.582. The second-order valence-electron chi connectivity index (χ2n) is 3.71. The van der Waals surface area contributed by atoms with Gasteiger partial charge in [0.05, 0.1) is 5.02 Å². The molecule has 0 unspecified atom stereocenters. The number of benzene rings is 1. The summed E-state index contributed by atoms with van der Waals surface area (Å²) in [5, 5.41) is 1.99. The Bertz CT molecular complexity index is 700. The smallest absolute Gasteiger partial charge is 0.242 e. The molecular weight excluding hydrogens is 372 g/mol. The lowest BCUT2D eigenvalue weighted by atomic mass is 10.3. The third kappa shape index (κ3) is 3.49. The summed E-state index contributed by atoms with van der Waals surface area (Å²) in [7, 11) is -3.65. The molecule has 3 N–H and O–H groups in total. The molecule has 0 aliphatic carbocycles. The first-order valence-corrected chi connectivity index (χ1v) is 8.70. The van der Waals surface area contributed by atoms with E-state index in [1.165, 1.54) is 29.5 Å². The van der Waals surface area contributed by atoms with E-state index < -0.39 is 10.0 Å². The minimum Gasteiger partial charge on any atom is -0.399 e. The molecule has 0 bridgehead atoms. The molecule has 1 heterocycles. The predicted octanol–water partition coefficient (Wildman–Crippen LogP) is 3.22. The van der Waals surface area contributed by atoms with Crippen molar-refractivity contribution in [2.45, 2.75) is 11.4 Å². The first-order valence-electron chi connectivity index (χ1n) is 5.17. The van der Waals surface area contributed by atoms with Gasteiger partial charge in [0, 0.05) is 21.6 Å². The molecule has 0 atom stereocenters. The molecule has 19 heavy (non-hydrogen) atoms. The van der Waals surface area contributed by atoms with Crippen LogP contribution < -0.4 is 10.5 Å². The van der Waals surface area contributed by atoms with Crippen molar-refractivity contribution >= 4 is 54.6 Å². The van der Waals surface area contributed by atoms with Crippen molar-refractivity contribution < 1.29 is 8.42 Å². The van der Waals surface area contributed by atoms with Crippen LogP contribution in [0.3, 0.4) is 0 Å². The SMILES string of the molecule is Nc1ccc(S(=O)(=O)NCc2sccc2Br)c(Cl)c1. The summed E-state index contributed by atoms with van der Waals surface area (Å²) in [6.07, 6.45) is 0. The van der Waals surface area contributed by atoms with E-state index in [4.69, 9.17) is 17.3 Å². The van der Waals surface area contributed by atoms with Crippen LogP contribution in [-0.2, 0) is 16.6 Å². The maximum absolute atomic E-state index is 12.1. The molecule has 1 aromatic carbocycles. The van der Waals surface area contributed by atoms with Gasteiger partial charge in [-0.3, -0.25) is 0 Å². The molecule has 2 aromatic rings. The Labute approximate surface area is 128 Å². The highest BCUT2D eigenvalue weighted by molar-refractivity contribution is 9.10. The normalized spacial score (nSPS) is 11.7. The summed E-state index contributed by atoms with van der Waals surface area (Å²) < 4.78 is 27.6. The molecule has 4 nitrogen and oxygen atoms in total. The van der Waals surface area contributed by atoms with Crippen molar-refractivity contribution in [2.75, 3.05) is 5.73 Å². The van der Waals surface area contributed by atoms with Crippen LogP contribution in [0.2, 0.25) is 5.02 Å². The number of nitrogens with two attached hydrogens (primary N) is 1. The first-order chi connectivity index (χ1) is 8.90. The topological polar surface area (TPSA) is 72.2 Å². The van der Waals surface area contributed by atoms with E-state index in [2.05, 4.69) is 20.7 Å². The van der Waals surface area contributed by atoms with Crippen molar-refractivity contribution in [1.82, 2.24) is 4.72 Å². The number of sulfonamides is 1. The van der Waals surface area contributed by atoms with Gasteiger partial charge in [-0.1, -0.05) is 11.6 Å². The number of nitrogen functional groups attached to an aromatic ring is 1. The second kappa shape index (κ2) is 5.80. The van der Waals surface area contributed by atoms with E-state index in [9.17, 15) is 8.42 Å². The van der Waals surface area contributed by atoms with Gasteiger partial charge in [0.1, 0.15) is 4.90 Å². The first kappa shape index (κ1) is 14.8. The highest BCUT2D eigenvalue weighted by Gasteiger charge is 2.18. The fourth-order valence-corrected chi connectivity index (χ4v) is 4.49. The van der Waals surface area contributed by atoms with Crippen molar-refractivity contribution in [2.24, 2.45) is 0 Å². The number of hydrogen-bond donors (Lipinski definition) is 2. The van der Waals surface area contributed by atoms with E-state index in [-0.39, 0.29) is 16.5 Å². The summed E-state index contributed by atoms with van der Waals surface area (Å²) in [6, 6.07) is 6.17. The van der Waals surface area contributed by atoms with Crippen LogP contribution in [0.1, 0.15) is 4.88 Å².